The molecular formula is C29H27N3O4S. The lowest BCUT2D eigenvalue weighted by Gasteiger charge is -2.09. The Morgan fingerprint density at radius 1 is 0.892 bits per heavy atom. The van der Waals surface area contributed by atoms with Crippen LogP contribution in [-0.4, -0.2) is 32.0 Å². The summed E-state index contributed by atoms with van der Waals surface area (Å²) in [5, 5.41) is 3.96. The molecule has 2 heterocycles. The molecular weight excluding hydrogens is 486 g/mol. The standard InChI is InChI=1S/C29H27N3O4S/c1-37(33,34)16-15-31-19-24-12-14-29(36-24)21-9-13-25-26(30)18-27(32-28(25)17-21)20-7-10-23(11-8-20)35-22-5-3-2-4-6-22/h2-14,17-18,31H,15-16,19H2,1H3,(H2,30,32). The highest BCUT2D eigenvalue weighted by Crippen LogP contribution is 2.32. The minimum Gasteiger partial charge on any atom is -0.460 e. The highest BCUT2D eigenvalue weighted by molar-refractivity contribution is 7.90. The van der Waals surface area contributed by atoms with Crippen LogP contribution in [0.2, 0.25) is 0 Å². The lowest BCUT2D eigenvalue weighted by molar-refractivity contribution is 0.483. The Balaban J connectivity index is 1.34. The van der Waals surface area contributed by atoms with E-state index in [-0.39, 0.29) is 5.75 Å². The van der Waals surface area contributed by atoms with Crippen molar-refractivity contribution in [2.24, 2.45) is 0 Å². The number of nitrogens with zero attached hydrogens (tertiary/aromatic N) is 1. The predicted octanol–water partition coefficient (Wildman–Crippen LogP) is 5.67. The van der Waals surface area contributed by atoms with Crippen molar-refractivity contribution in [3.63, 3.8) is 0 Å². The van der Waals surface area contributed by atoms with E-state index in [0.29, 0.717) is 24.5 Å². The summed E-state index contributed by atoms with van der Waals surface area (Å²) in [5.41, 5.74) is 10.4. The van der Waals surface area contributed by atoms with Crippen LogP contribution in [-0.2, 0) is 16.4 Å². The van der Waals surface area contributed by atoms with E-state index in [4.69, 9.17) is 19.9 Å². The Morgan fingerprint density at radius 3 is 2.38 bits per heavy atom. The van der Waals surface area contributed by atoms with Gasteiger partial charge >= 0.3 is 0 Å². The molecule has 2 aromatic heterocycles. The molecule has 8 heteroatoms. The van der Waals surface area contributed by atoms with Crippen molar-refractivity contribution in [2.75, 3.05) is 24.3 Å². The van der Waals surface area contributed by atoms with Gasteiger partial charge in [-0.2, -0.15) is 0 Å². The molecule has 37 heavy (non-hydrogen) atoms. The molecule has 0 bridgehead atoms. The Bertz CT molecular complexity index is 1630. The van der Waals surface area contributed by atoms with Gasteiger partial charge in [-0.15, -0.1) is 0 Å². The summed E-state index contributed by atoms with van der Waals surface area (Å²) in [6, 6.07) is 28.9. The molecule has 5 rings (SSSR count). The second kappa shape index (κ2) is 10.5. The number of nitrogens with two attached hydrogens (primary N) is 1. The number of hydrogen-bond donors (Lipinski definition) is 2. The first-order valence-corrected chi connectivity index (χ1v) is 13.9. The number of para-hydroxylation sites is 1. The fourth-order valence-electron chi connectivity index (χ4n) is 3.97. The van der Waals surface area contributed by atoms with E-state index in [1.54, 1.807) is 0 Å². The van der Waals surface area contributed by atoms with Gasteiger partial charge in [0, 0.05) is 35.0 Å². The van der Waals surface area contributed by atoms with Crippen LogP contribution in [0.5, 0.6) is 11.5 Å². The van der Waals surface area contributed by atoms with Crippen molar-refractivity contribution >= 4 is 26.4 Å². The number of benzene rings is 3. The Kier molecular flexibility index (Phi) is 6.94. The fraction of sp³-hybridized carbons (Fsp3) is 0.138. The zero-order valence-electron chi connectivity index (χ0n) is 20.3. The third-order valence-electron chi connectivity index (χ3n) is 5.87. The number of aromatic nitrogens is 1. The van der Waals surface area contributed by atoms with Gasteiger partial charge in [0.05, 0.1) is 23.5 Å². The third-order valence-corrected chi connectivity index (χ3v) is 6.81. The number of pyridine rings is 1. The number of hydrogen-bond acceptors (Lipinski definition) is 7. The molecule has 0 saturated heterocycles. The topological polar surface area (TPSA) is 107 Å². The van der Waals surface area contributed by atoms with Crippen LogP contribution < -0.4 is 15.8 Å². The maximum atomic E-state index is 11.3. The van der Waals surface area contributed by atoms with Crippen LogP contribution in [0.4, 0.5) is 5.69 Å². The molecule has 0 amide bonds. The Hall–Kier alpha value is -4.14. The average molecular weight is 514 g/mol. The van der Waals surface area contributed by atoms with Crippen LogP contribution >= 0.6 is 0 Å². The van der Waals surface area contributed by atoms with Crippen molar-refractivity contribution in [2.45, 2.75) is 6.54 Å². The van der Waals surface area contributed by atoms with E-state index >= 15 is 0 Å². The van der Waals surface area contributed by atoms with Gasteiger partial charge in [0.15, 0.2) is 0 Å². The molecule has 0 unspecified atom stereocenters. The number of rotatable bonds is 9. The van der Waals surface area contributed by atoms with E-state index in [9.17, 15) is 8.42 Å². The van der Waals surface area contributed by atoms with Gasteiger partial charge in [-0.25, -0.2) is 13.4 Å². The van der Waals surface area contributed by atoms with E-state index in [0.717, 1.165) is 45.0 Å². The van der Waals surface area contributed by atoms with Gasteiger partial charge in [-0.1, -0.05) is 30.3 Å². The van der Waals surface area contributed by atoms with Crippen molar-refractivity contribution in [3.8, 4) is 34.1 Å². The maximum Gasteiger partial charge on any atom is 0.148 e. The number of anilines is 1. The summed E-state index contributed by atoms with van der Waals surface area (Å²) >= 11 is 0. The average Bonchev–Trinajstić information content (AvgIpc) is 3.36. The van der Waals surface area contributed by atoms with E-state index in [2.05, 4.69) is 5.32 Å². The largest absolute Gasteiger partial charge is 0.460 e. The zero-order valence-corrected chi connectivity index (χ0v) is 21.2. The second-order valence-corrected chi connectivity index (χ2v) is 11.1. The molecule has 0 saturated carbocycles. The van der Waals surface area contributed by atoms with Gasteiger partial charge in [0.1, 0.15) is 32.9 Å². The normalized spacial score (nSPS) is 11.6. The minimum atomic E-state index is -3.00. The summed E-state index contributed by atoms with van der Waals surface area (Å²) in [6.07, 6.45) is 1.22. The monoisotopic (exact) mass is 513 g/mol. The first-order valence-electron chi connectivity index (χ1n) is 11.9. The molecule has 0 aliphatic heterocycles. The lowest BCUT2D eigenvalue weighted by atomic mass is 10.1. The third kappa shape index (κ3) is 6.17. The smallest absolute Gasteiger partial charge is 0.148 e. The van der Waals surface area contributed by atoms with Gasteiger partial charge in [-0.05, 0) is 60.7 Å². The van der Waals surface area contributed by atoms with Gasteiger partial charge in [0.2, 0.25) is 0 Å². The van der Waals surface area contributed by atoms with Crippen molar-refractivity contribution in [1.29, 1.82) is 0 Å². The van der Waals surface area contributed by atoms with E-state index < -0.39 is 9.84 Å². The summed E-state index contributed by atoms with van der Waals surface area (Å²) in [7, 11) is -3.00. The summed E-state index contributed by atoms with van der Waals surface area (Å²) in [4.78, 5) is 4.86. The lowest BCUT2D eigenvalue weighted by Crippen LogP contribution is -2.21. The molecule has 5 aromatic rings. The second-order valence-electron chi connectivity index (χ2n) is 8.84. The summed E-state index contributed by atoms with van der Waals surface area (Å²) in [5.74, 6) is 3.04. The predicted molar refractivity (Wildman–Crippen MR) is 147 cm³/mol. The highest BCUT2D eigenvalue weighted by atomic mass is 32.2. The zero-order chi connectivity index (χ0) is 25.8. The molecule has 3 N–H and O–H groups in total. The molecule has 0 radical (unpaired) electrons. The molecule has 0 aliphatic rings. The minimum absolute atomic E-state index is 0.0867. The molecule has 0 fully saturated rings. The SMILES string of the molecule is CS(=O)(=O)CCNCc1ccc(-c2ccc3c(N)cc(-c4ccc(Oc5ccccc5)cc4)nc3c2)o1. The molecule has 0 aliphatic carbocycles. The number of sulfone groups is 1. The first kappa shape index (κ1) is 24.5. The molecule has 188 valence electrons. The molecule has 0 spiro atoms. The molecule has 3 aromatic carbocycles. The van der Waals surface area contributed by atoms with Crippen molar-refractivity contribution in [1.82, 2.24) is 10.3 Å². The number of nitrogen functional groups attached to an aromatic ring is 1. The summed E-state index contributed by atoms with van der Waals surface area (Å²) in [6.45, 7) is 0.818. The Labute approximate surface area is 215 Å². The van der Waals surface area contributed by atoms with Gasteiger partial charge in [0.25, 0.3) is 0 Å². The fourth-order valence-corrected chi connectivity index (χ4v) is 4.49. The van der Waals surface area contributed by atoms with Gasteiger partial charge < -0.3 is 20.2 Å². The summed E-state index contributed by atoms with van der Waals surface area (Å²) < 4.78 is 34.4. The van der Waals surface area contributed by atoms with Crippen LogP contribution in [0.25, 0.3) is 33.5 Å². The van der Waals surface area contributed by atoms with Gasteiger partial charge in [-0.3, -0.25) is 0 Å². The van der Waals surface area contributed by atoms with Crippen molar-refractivity contribution in [3.05, 3.63) is 96.8 Å². The van der Waals surface area contributed by atoms with Crippen molar-refractivity contribution < 1.29 is 17.6 Å². The molecule has 0 atom stereocenters. The Morgan fingerprint density at radius 2 is 1.62 bits per heavy atom. The first-order chi connectivity index (χ1) is 17.8. The van der Waals surface area contributed by atoms with Crippen LogP contribution in [0.3, 0.4) is 0 Å². The number of ether oxygens (including phenoxy) is 1. The molecule has 7 nitrogen and oxygen atoms in total. The quantitative estimate of drug-likeness (QED) is 0.245. The number of nitrogens with one attached hydrogen (secondary N) is 1. The van der Waals surface area contributed by atoms with E-state index in [1.807, 2.05) is 91.0 Å². The van der Waals surface area contributed by atoms with Crippen LogP contribution in [0, 0.1) is 0 Å². The van der Waals surface area contributed by atoms with Crippen LogP contribution in [0.15, 0.2) is 95.4 Å². The van der Waals surface area contributed by atoms with E-state index in [1.165, 1.54) is 6.26 Å². The van der Waals surface area contributed by atoms with Crippen LogP contribution in [0.1, 0.15) is 5.76 Å². The number of fused-ring (bicyclic) bond motifs is 1. The maximum absolute atomic E-state index is 11.3. The highest BCUT2D eigenvalue weighted by Gasteiger charge is 2.11. The number of furan rings is 1.